The Balaban J connectivity index is 1.81. The molecule has 39 heavy (non-hydrogen) atoms. The lowest BCUT2D eigenvalue weighted by molar-refractivity contribution is -0.327. The Morgan fingerprint density at radius 1 is 1.00 bits per heavy atom. The maximum Gasteiger partial charge on any atom is 0.335 e. The van der Waals surface area contributed by atoms with E-state index in [9.17, 15) is 50.1 Å². The van der Waals surface area contributed by atoms with Crippen LogP contribution in [-0.2, 0) is 33.3 Å². The molecule has 14 heteroatoms. The highest BCUT2D eigenvalue weighted by Gasteiger charge is 2.46. The van der Waals surface area contributed by atoms with Crippen molar-refractivity contribution in [2.75, 3.05) is 13.2 Å². The van der Waals surface area contributed by atoms with E-state index in [-0.39, 0.29) is 11.3 Å². The van der Waals surface area contributed by atoms with Crippen LogP contribution < -0.4 is 0 Å². The summed E-state index contributed by atoms with van der Waals surface area (Å²) in [5, 5.41) is 67.9. The van der Waals surface area contributed by atoms with Gasteiger partial charge in [-0.1, -0.05) is 12.1 Å². The third kappa shape index (κ3) is 7.63. The molecule has 0 aliphatic carbocycles. The van der Waals surface area contributed by atoms with Gasteiger partial charge >= 0.3 is 17.9 Å². The number of rotatable bonds is 10. The minimum atomic E-state index is -1.82. The first-order chi connectivity index (χ1) is 18.5. The summed E-state index contributed by atoms with van der Waals surface area (Å²) >= 11 is 0. The number of benzene rings is 1. The third-order valence-corrected chi connectivity index (χ3v) is 5.95. The molecule has 1 saturated heterocycles. The van der Waals surface area contributed by atoms with Gasteiger partial charge in [-0.2, -0.15) is 0 Å². The van der Waals surface area contributed by atoms with Gasteiger partial charge in [0.25, 0.3) is 0 Å². The van der Waals surface area contributed by atoms with Crippen LogP contribution in [0.25, 0.3) is 6.08 Å². The molecule has 0 bridgehead atoms. The van der Waals surface area contributed by atoms with Gasteiger partial charge < -0.3 is 54.7 Å². The Morgan fingerprint density at radius 3 is 2.31 bits per heavy atom. The molecule has 14 nitrogen and oxygen atoms in total. The van der Waals surface area contributed by atoms with Crippen molar-refractivity contribution >= 4 is 24.0 Å². The van der Waals surface area contributed by atoms with Crippen LogP contribution in [-0.4, -0.2) is 104 Å². The standard InChI is InChI=1S/C25H28O14/c26-10-17-20(31)21(32)22(33)25(38-17)39-24-14(15(9-18(28)29)16(11-37-24)23(34)35)7-8-36-19(30)6-3-12-1-4-13(27)5-2-12/h1-7,11,15,17,20-22,24-27,31-33H,8-10H2,(H,28,29)(H,34,35)/b6-3+,14-7-/t15-,17+,20+,21-,22+,24-,25-/m1/s1. The van der Waals surface area contributed by atoms with E-state index >= 15 is 0 Å². The molecule has 7 N–H and O–H groups in total. The van der Waals surface area contributed by atoms with Crippen LogP contribution >= 0.6 is 0 Å². The molecule has 0 radical (unpaired) electrons. The van der Waals surface area contributed by atoms with Crippen LogP contribution in [0.3, 0.4) is 0 Å². The molecule has 0 unspecified atom stereocenters. The molecule has 3 rings (SSSR count). The van der Waals surface area contributed by atoms with E-state index in [2.05, 4.69) is 0 Å². The molecule has 0 aromatic heterocycles. The fourth-order valence-corrected chi connectivity index (χ4v) is 3.91. The number of aromatic hydroxyl groups is 1. The number of hydrogen-bond acceptors (Lipinski definition) is 12. The zero-order valence-electron chi connectivity index (χ0n) is 20.3. The van der Waals surface area contributed by atoms with Crippen molar-refractivity contribution in [2.45, 2.75) is 43.4 Å². The summed E-state index contributed by atoms with van der Waals surface area (Å²) < 4.78 is 21.3. The van der Waals surface area contributed by atoms with E-state index in [1.54, 1.807) is 12.1 Å². The normalized spacial score (nSPS) is 30.0. The van der Waals surface area contributed by atoms with Crippen LogP contribution in [0.15, 0.2) is 53.8 Å². The maximum atomic E-state index is 12.2. The van der Waals surface area contributed by atoms with Crippen molar-refractivity contribution < 1.29 is 69.1 Å². The van der Waals surface area contributed by atoms with Gasteiger partial charge in [-0.05, 0) is 29.8 Å². The molecule has 2 aliphatic rings. The quantitative estimate of drug-likeness (QED) is 0.106. The summed E-state index contributed by atoms with van der Waals surface area (Å²) in [6, 6.07) is 5.95. The number of carboxylic acids is 2. The molecule has 2 aliphatic heterocycles. The van der Waals surface area contributed by atoms with Crippen LogP contribution in [0, 0.1) is 5.92 Å². The number of carbonyl (C=O) groups excluding carboxylic acids is 1. The number of carbonyl (C=O) groups is 3. The fourth-order valence-electron chi connectivity index (χ4n) is 3.91. The minimum absolute atomic E-state index is 0.0437. The molecule has 0 spiro atoms. The first-order valence-electron chi connectivity index (χ1n) is 11.6. The average molecular weight is 552 g/mol. The van der Waals surface area contributed by atoms with Crippen LogP contribution in [0.5, 0.6) is 5.75 Å². The molecule has 7 atom stereocenters. The van der Waals surface area contributed by atoms with Crippen molar-refractivity contribution in [3.63, 3.8) is 0 Å². The summed E-state index contributed by atoms with van der Waals surface area (Å²) in [4.78, 5) is 35.4. The van der Waals surface area contributed by atoms with Crippen LogP contribution in [0.1, 0.15) is 12.0 Å². The summed E-state index contributed by atoms with van der Waals surface area (Å²) in [5.41, 5.74) is 0.0648. The number of esters is 1. The second-order valence-corrected chi connectivity index (χ2v) is 8.59. The molecule has 1 aromatic rings. The van der Waals surface area contributed by atoms with E-state index in [4.69, 9.17) is 18.9 Å². The Labute approximate surface area is 221 Å². The first kappa shape index (κ1) is 29.8. The second kappa shape index (κ2) is 13.3. The average Bonchev–Trinajstić information content (AvgIpc) is 2.89. The van der Waals surface area contributed by atoms with Crippen molar-refractivity contribution in [1.29, 1.82) is 0 Å². The molecule has 0 saturated carbocycles. The molecule has 0 amide bonds. The summed E-state index contributed by atoms with van der Waals surface area (Å²) in [7, 11) is 0. The molecular formula is C25H28O14. The van der Waals surface area contributed by atoms with Crippen LogP contribution in [0.2, 0.25) is 0 Å². The van der Waals surface area contributed by atoms with Gasteiger partial charge in [-0.3, -0.25) is 4.79 Å². The highest BCUT2D eigenvalue weighted by Crippen LogP contribution is 2.35. The van der Waals surface area contributed by atoms with Gasteiger partial charge in [-0.25, -0.2) is 9.59 Å². The first-order valence-corrected chi connectivity index (χ1v) is 11.6. The lowest BCUT2D eigenvalue weighted by Gasteiger charge is -2.41. The van der Waals surface area contributed by atoms with Gasteiger partial charge in [0.2, 0.25) is 6.29 Å². The number of phenolic OH excluding ortho intramolecular Hbond substituents is 1. The second-order valence-electron chi connectivity index (χ2n) is 8.59. The number of phenols is 1. The molecule has 1 fully saturated rings. The zero-order chi connectivity index (χ0) is 28.7. The van der Waals surface area contributed by atoms with Crippen LogP contribution in [0.4, 0.5) is 0 Å². The van der Waals surface area contributed by atoms with E-state index in [0.29, 0.717) is 5.56 Å². The SMILES string of the molecule is O=C(O)C[C@H]1C(C(=O)O)=CO[C@H](O[C@H]2O[C@@H](CO)[C@H](O)[C@@H](O)[C@@H]2O)/C1=C\COC(=O)/C=C/c1ccc(O)cc1. The lowest BCUT2D eigenvalue weighted by Crippen LogP contribution is -2.60. The summed E-state index contributed by atoms with van der Waals surface area (Å²) in [5.74, 6) is -4.91. The number of ether oxygens (including phenoxy) is 4. The molecule has 2 heterocycles. The Hall–Kier alpha value is -3.79. The monoisotopic (exact) mass is 552 g/mol. The Bertz CT molecular complexity index is 1120. The van der Waals surface area contributed by atoms with E-state index < -0.39 is 86.0 Å². The Kier molecular flexibility index (Phi) is 10.2. The van der Waals surface area contributed by atoms with Gasteiger partial charge in [0, 0.05) is 17.6 Å². The number of aliphatic hydroxyl groups excluding tert-OH is 4. The minimum Gasteiger partial charge on any atom is -0.508 e. The zero-order valence-corrected chi connectivity index (χ0v) is 20.3. The van der Waals surface area contributed by atoms with Gasteiger partial charge in [0.1, 0.15) is 36.8 Å². The largest absolute Gasteiger partial charge is 0.508 e. The van der Waals surface area contributed by atoms with E-state index in [0.717, 1.165) is 12.3 Å². The predicted octanol–water partition coefficient (Wildman–Crippen LogP) is -0.893. The van der Waals surface area contributed by atoms with Crippen molar-refractivity contribution in [3.8, 4) is 5.75 Å². The van der Waals surface area contributed by atoms with Crippen molar-refractivity contribution in [2.24, 2.45) is 5.92 Å². The molecular weight excluding hydrogens is 524 g/mol. The highest BCUT2D eigenvalue weighted by molar-refractivity contribution is 5.89. The highest BCUT2D eigenvalue weighted by atomic mass is 16.8. The Morgan fingerprint density at radius 2 is 1.69 bits per heavy atom. The van der Waals surface area contributed by atoms with E-state index in [1.165, 1.54) is 24.3 Å². The van der Waals surface area contributed by atoms with Gasteiger partial charge in [0.15, 0.2) is 6.29 Å². The number of carboxylic acid groups (broad SMARTS) is 2. The summed E-state index contributed by atoms with van der Waals surface area (Å²) in [6.07, 6.45) is -6.07. The fraction of sp³-hybridized carbons (Fsp3) is 0.400. The number of hydrogen-bond donors (Lipinski definition) is 7. The smallest absolute Gasteiger partial charge is 0.335 e. The molecule has 1 aromatic carbocycles. The topological polar surface area (TPSA) is 230 Å². The van der Waals surface area contributed by atoms with E-state index in [1.807, 2.05) is 0 Å². The molecule has 212 valence electrons. The van der Waals surface area contributed by atoms with Gasteiger partial charge in [-0.15, -0.1) is 0 Å². The lowest BCUT2D eigenvalue weighted by atomic mass is 9.86. The van der Waals surface area contributed by atoms with Crippen molar-refractivity contribution in [3.05, 3.63) is 59.4 Å². The van der Waals surface area contributed by atoms with Crippen molar-refractivity contribution in [1.82, 2.24) is 0 Å². The predicted molar refractivity (Wildman–Crippen MR) is 127 cm³/mol. The summed E-state index contributed by atoms with van der Waals surface area (Å²) in [6.45, 7) is -1.20. The maximum absolute atomic E-state index is 12.2. The number of aliphatic hydroxyl groups is 4. The van der Waals surface area contributed by atoms with Gasteiger partial charge in [0.05, 0.1) is 24.9 Å². The number of aliphatic carboxylic acids is 2. The third-order valence-electron chi connectivity index (χ3n) is 5.95.